The van der Waals surface area contributed by atoms with Gasteiger partial charge in [0.25, 0.3) is 0 Å². The van der Waals surface area contributed by atoms with Gasteiger partial charge in [-0.3, -0.25) is 4.57 Å². The van der Waals surface area contributed by atoms with E-state index >= 15 is 0 Å². The molecule has 3 atom stereocenters. The van der Waals surface area contributed by atoms with Crippen molar-refractivity contribution < 1.29 is 24.5 Å². The summed E-state index contributed by atoms with van der Waals surface area (Å²) in [4.78, 5) is 3.62. The number of rotatable bonds is 5. The highest BCUT2D eigenvalue weighted by atomic mass is 28.4. The summed E-state index contributed by atoms with van der Waals surface area (Å²) < 4.78 is 14.3. The molecule has 0 spiro atoms. The summed E-state index contributed by atoms with van der Waals surface area (Å²) in [5.41, 5.74) is -0.115. The molecule has 2 aromatic carbocycles. The van der Waals surface area contributed by atoms with Crippen LogP contribution < -0.4 is 0 Å². The first kappa shape index (κ1) is 24.8. The molecule has 5 rings (SSSR count). The van der Waals surface area contributed by atoms with Gasteiger partial charge in [0, 0.05) is 19.4 Å². The fourth-order valence-electron chi connectivity index (χ4n) is 5.60. The van der Waals surface area contributed by atoms with Gasteiger partial charge in [-0.25, -0.2) is 4.85 Å². The molecule has 8 heteroatoms. The molecule has 3 heterocycles. The van der Waals surface area contributed by atoms with Crippen LogP contribution in [0.15, 0.2) is 36.4 Å². The van der Waals surface area contributed by atoms with Crippen LogP contribution in [0.1, 0.15) is 51.7 Å². The lowest BCUT2D eigenvalue weighted by atomic mass is 9.76. The molecule has 2 bridgehead atoms. The van der Waals surface area contributed by atoms with Gasteiger partial charge in [-0.05, 0) is 41.9 Å². The molecular weight excluding hydrogens is 472 g/mol. The third kappa shape index (κ3) is 3.27. The van der Waals surface area contributed by atoms with E-state index in [4.69, 9.17) is 15.7 Å². The minimum Gasteiger partial charge on any atom is -0.494 e. The molecular formula is C28H34N2O5Si. The summed E-state index contributed by atoms with van der Waals surface area (Å²) in [7, 11) is -2.01. The van der Waals surface area contributed by atoms with Gasteiger partial charge in [0.05, 0.1) is 29.5 Å². The topological polar surface area (TPSA) is 88.4 Å². The largest absolute Gasteiger partial charge is 0.494 e. The Kier molecular flexibility index (Phi) is 5.40. The van der Waals surface area contributed by atoms with Crippen LogP contribution in [0.2, 0.25) is 18.1 Å². The van der Waals surface area contributed by atoms with E-state index in [-0.39, 0.29) is 16.8 Å². The van der Waals surface area contributed by atoms with Crippen LogP contribution in [0.5, 0.6) is 11.8 Å². The molecule has 7 nitrogen and oxygen atoms in total. The zero-order valence-corrected chi connectivity index (χ0v) is 22.7. The van der Waals surface area contributed by atoms with Crippen LogP contribution in [0.25, 0.3) is 21.3 Å². The Bertz CT molecular complexity index is 1420. The molecule has 3 N–H and O–H groups in total. The third-order valence-corrected chi connectivity index (χ3v) is 13.2. The van der Waals surface area contributed by atoms with Crippen molar-refractivity contribution in [1.29, 1.82) is 0 Å². The van der Waals surface area contributed by atoms with Gasteiger partial charge in [-0.15, -0.1) is 0 Å². The van der Waals surface area contributed by atoms with Gasteiger partial charge in [0.2, 0.25) is 11.8 Å². The molecule has 0 radical (unpaired) electrons. The SMILES string of the molecule is [C-]#[N+]c1ccc(-n2c(O)c3c(c2O)C2(C)OC3(CCO[Si](C)(C)C(C)(C)C)C[C@H]2O)c2ccccc12. The quantitative estimate of drug-likeness (QED) is 0.283. The maximum atomic E-state index is 11.6. The minimum absolute atomic E-state index is 0.0539. The molecule has 1 fully saturated rings. The molecule has 1 saturated heterocycles. The number of aliphatic hydroxyl groups is 1. The number of nitrogens with zero attached hydrogens (tertiary/aromatic N) is 2. The third-order valence-electron chi connectivity index (χ3n) is 8.65. The normalized spacial score (nSPS) is 25.3. The average Bonchev–Trinajstić information content (AvgIpc) is 3.33. The summed E-state index contributed by atoms with van der Waals surface area (Å²) in [6.45, 7) is 20.6. The first-order valence-electron chi connectivity index (χ1n) is 12.4. The number of hydrogen-bond acceptors (Lipinski definition) is 5. The van der Waals surface area contributed by atoms with E-state index in [0.717, 1.165) is 10.8 Å². The Hall–Kier alpha value is -2.83. The zero-order valence-electron chi connectivity index (χ0n) is 21.7. The lowest BCUT2D eigenvalue weighted by Crippen LogP contribution is -2.42. The summed E-state index contributed by atoms with van der Waals surface area (Å²) in [5, 5.41) is 35.6. The van der Waals surface area contributed by atoms with Crippen molar-refractivity contribution in [2.24, 2.45) is 0 Å². The number of aliphatic hydroxyl groups excluding tert-OH is 1. The van der Waals surface area contributed by atoms with Crippen molar-refractivity contribution in [3.05, 3.63) is 58.9 Å². The molecule has 2 unspecified atom stereocenters. The standard InChI is InChI=1S/C28H34N2O5Si/c1-26(2,3)36(6,7)34-15-14-28-16-21(31)27(4,35-28)22-23(28)25(33)30(24(22)32)20-13-12-19(29-5)17-10-8-9-11-18(17)20/h8-13,21,31-33H,14-16H2,1-4,6-7H3/t21-,27?,28?/m1/s1. The lowest BCUT2D eigenvalue weighted by molar-refractivity contribution is -0.107. The number of ether oxygens (including phenoxy) is 1. The van der Waals surface area contributed by atoms with E-state index in [1.165, 1.54) is 4.57 Å². The van der Waals surface area contributed by atoms with E-state index in [2.05, 4.69) is 38.7 Å². The average molecular weight is 507 g/mol. The summed E-state index contributed by atoms with van der Waals surface area (Å²) in [5.74, 6) is -0.261. The predicted octanol–water partition coefficient (Wildman–Crippen LogP) is 6.21. The highest BCUT2D eigenvalue weighted by molar-refractivity contribution is 6.74. The number of fused-ring (bicyclic) bond motifs is 6. The van der Waals surface area contributed by atoms with Gasteiger partial charge in [-0.2, -0.15) is 0 Å². The Balaban J connectivity index is 1.63. The van der Waals surface area contributed by atoms with Gasteiger partial charge in [0.1, 0.15) is 11.2 Å². The maximum absolute atomic E-state index is 11.6. The monoisotopic (exact) mass is 506 g/mol. The van der Waals surface area contributed by atoms with E-state index in [1.807, 2.05) is 24.3 Å². The Morgan fingerprint density at radius 1 is 1.11 bits per heavy atom. The van der Waals surface area contributed by atoms with Crippen molar-refractivity contribution in [2.45, 2.75) is 76.0 Å². The van der Waals surface area contributed by atoms with Crippen molar-refractivity contribution in [3.8, 4) is 17.4 Å². The first-order valence-corrected chi connectivity index (χ1v) is 15.3. The lowest BCUT2D eigenvalue weighted by Gasteiger charge is -2.37. The molecule has 190 valence electrons. The Morgan fingerprint density at radius 3 is 2.39 bits per heavy atom. The Morgan fingerprint density at radius 2 is 1.75 bits per heavy atom. The first-order chi connectivity index (χ1) is 16.8. The Labute approximate surface area is 212 Å². The van der Waals surface area contributed by atoms with Crippen LogP contribution in [0, 0.1) is 6.57 Å². The van der Waals surface area contributed by atoms with Crippen LogP contribution >= 0.6 is 0 Å². The van der Waals surface area contributed by atoms with E-state index in [1.54, 1.807) is 19.1 Å². The number of benzene rings is 2. The summed E-state index contributed by atoms with van der Waals surface area (Å²) >= 11 is 0. The predicted molar refractivity (Wildman–Crippen MR) is 141 cm³/mol. The molecule has 2 aliphatic rings. The van der Waals surface area contributed by atoms with Gasteiger partial charge in [-0.1, -0.05) is 51.1 Å². The highest BCUT2D eigenvalue weighted by Gasteiger charge is 2.66. The van der Waals surface area contributed by atoms with E-state index in [9.17, 15) is 15.3 Å². The molecule has 0 amide bonds. The second-order valence-electron chi connectivity index (χ2n) is 11.8. The van der Waals surface area contributed by atoms with Crippen LogP contribution in [0.4, 0.5) is 5.69 Å². The zero-order chi connectivity index (χ0) is 26.3. The molecule has 0 saturated carbocycles. The van der Waals surface area contributed by atoms with Crippen LogP contribution in [0.3, 0.4) is 0 Å². The highest BCUT2D eigenvalue weighted by Crippen LogP contribution is 2.65. The summed E-state index contributed by atoms with van der Waals surface area (Å²) in [6.07, 6.45) is -0.0698. The number of hydrogen-bond donors (Lipinski definition) is 3. The van der Waals surface area contributed by atoms with Gasteiger partial charge in [0.15, 0.2) is 14.0 Å². The number of aromatic hydroxyl groups is 2. The van der Waals surface area contributed by atoms with Crippen molar-refractivity contribution in [3.63, 3.8) is 0 Å². The van der Waals surface area contributed by atoms with Gasteiger partial charge >= 0.3 is 0 Å². The summed E-state index contributed by atoms with van der Waals surface area (Å²) in [6, 6.07) is 10.9. The van der Waals surface area contributed by atoms with Crippen LogP contribution in [-0.4, -0.2) is 40.9 Å². The van der Waals surface area contributed by atoms with E-state index < -0.39 is 25.6 Å². The smallest absolute Gasteiger partial charge is 0.205 e. The van der Waals surface area contributed by atoms with E-state index in [0.29, 0.717) is 42.0 Å². The minimum atomic E-state index is -2.01. The molecule has 2 aliphatic heterocycles. The second-order valence-corrected chi connectivity index (χ2v) is 16.6. The number of aromatic nitrogens is 1. The van der Waals surface area contributed by atoms with Crippen molar-refractivity contribution >= 4 is 24.8 Å². The molecule has 0 aliphatic carbocycles. The van der Waals surface area contributed by atoms with Crippen molar-refractivity contribution in [2.75, 3.05) is 6.61 Å². The molecule has 36 heavy (non-hydrogen) atoms. The fraction of sp³-hybridized carbons (Fsp3) is 0.464. The maximum Gasteiger partial charge on any atom is 0.205 e. The molecule has 1 aromatic heterocycles. The fourth-order valence-corrected chi connectivity index (χ4v) is 6.64. The molecule has 3 aromatic rings. The van der Waals surface area contributed by atoms with Gasteiger partial charge < -0.3 is 24.5 Å². The van der Waals surface area contributed by atoms with Crippen molar-refractivity contribution in [1.82, 2.24) is 4.57 Å². The second kappa shape index (κ2) is 7.83. The van der Waals surface area contributed by atoms with Crippen LogP contribution in [-0.2, 0) is 20.4 Å².